The van der Waals surface area contributed by atoms with E-state index in [2.05, 4.69) is 26.0 Å². The second-order valence-electron chi connectivity index (χ2n) is 18.5. The van der Waals surface area contributed by atoms with E-state index < -0.39 is 26.5 Å². The van der Waals surface area contributed by atoms with Gasteiger partial charge >= 0.3 is 11.9 Å². The van der Waals surface area contributed by atoms with Crippen molar-refractivity contribution in [2.24, 2.45) is 0 Å². The van der Waals surface area contributed by atoms with E-state index in [4.69, 9.17) is 18.5 Å². The van der Waals surface area contributed by atoms with Gasteiger partial charge in [-0.25, -0.2) is 0 Å². The van der Waals surface area contributed by atoms with Crippen LogP contribution in [0.5, 0.6) is 0 Å². The van der Waals surface area contributed by atoms with E-state index >= 15 is 0 Å². The molecule has 0 fully saturated rings. The van der Waals surface area contributed by atoms with Crippen molar-refractivity contribution < 1.29 is 42.1 Å². The van der Waals surface area contributed by atoms with E-state index in [0.29, 0.717) is 17.4 Å². The zero-order valence-corrected chi connectivity index (χ0v) is 41.1. The van der Waals surface area contributed by atoms with Gasteiger partial charge in [0.15, 0.2) is 6.10 Å². The van der Waals surface area contributed by atoms with Gasteiger partial charge in [0.2, 0.25) is 0 Å². The Kier molecular flexibility index (Phi) is 42.1. The van der Waals surface area contributed by atoms with Crippen molar-refractivity contribution in [1.82, 2.24) is 0 Å². The van der Waals surface area contributed by atoms with Gasteiger partial charge in [0, 0.05) is 12.8 Å². The monoisotopic (exact) mass is 872 g/mol. The lowest BCUT2D eigenvalue weighted by molar-refractivity contribution is -0.870. The van der Waals surface area contributed by atoms with Gasteiger partial charge in [-0.1, -0.05) is 206 Å². The fourth-order valence-electron chi connectivity index (χ4n) is 7.30. The first kappa shape index (κ1) is 58.8. The first-order chi connectivity index (χ1) is 29.0. The Balaban J connectivity index is 4.21. The smallest absolute Gasteiger partial charge is 0.306 e. The number of esters is 2. The number of hydrogen-bond acceptors (Lipinski definition) is 8. The molecule has 0 radical (unpaired) electrons. The topological polar surface area (TPSA) is 111 Å². The van der Waals surface area contributed by atoms with E-state index in [0.717, 1.165) is 38.5 Å². The molecule has 60 heavy (non-hydrogen) atoms. The minimum atomic E-state index is -4.63. The molecule has 1 unspecified atom stereocenters. The number of phosphoric acid groups is 1. The van der Waals surface area contributed by atoms with Crippen molar-refractivity contribution in [2.45, 2.75) is 251 Å². The minimum absolute atomic E-state index is 0.0309. The van der Waals surface area contributed by atoms with Gasteiger partial charge < -0.3 is 27.9 Å². The molecule has 356 valence electrons. The average molecular weight is 872 g/mol. The summed E-state index contributed by atoms with van der Waals surface area (Å²) in [7, 11) is 1.17. The van der Waals surface area contributed by atoms with Gasteiger partial charge in [-0.05, 0) is 38.5 Å². The van der Waals surface area contributed by atoms with Crippen molar-refractivity contribution in [2.75, 3.05) is 47.5 Å². The summed E-state index contributed by atoms with van der Waals surface area (Å²) in [5.74, 6) is -0.845. The molecule has 0 rings (SSSR count). The Morgan fingerprint density at radius 1 is 0.500 bits per heavy atom. The molecule has 0 heterocycles. The number of nitrogens with zero attached hydrogens (tertiary/aromatic N) is 1. The summed E-state index contributed by atoms with van der Waals surface area (Å²) in [5, 5.41) is 0. The first-order valence-electron chi connectivity index (χ1n) is 25.4. The highest BCUT2D eigenvalue weighted by atomic mass is 31.2. The molecule has 0 bridgehead atoms. The predicted octanol–water partition coefficient (Wildman–Crippen LogP) is 14.3. The maximum Gasteiger partial charge on any atom is 0.306 e. The van der Waals surface area contributed by atoms with Crippen LogP contribution in [0.2, 0.25) is 0 Å². The third-order valence-electron chi connectivity index (χ3n) is 11.3. The van der Waals surface area contributed by atoms with Gasteiger partial charge in [-0.3, -0.25) is 14.2 Å². The molecule has 0 amide bonds. The zero-order chi connectivity index (χ0) is 44.3. The Labute approximate surface area is 371 Å². The number of quaternary nitrogens is 1. The molecule has 0 aliphatic rings. The molecule has 0 saturated heterocycles. The molecule has 0 aromatic heterocycles. The minimum Gasteiger partial charge on any atom is -0.756 e. The van der Waals surface area contributed by atoms with Gasteiger partial charge in [0.25, 0.3) is 7.82 Å². The van der Waals surface area contributed by atoms with E-state index in [1.807, 2.05) is 21.1 Å². The summed E-state index contributed by atoms with van der Waals surface area (Å²) in [6.07, 6.45) is 46.8. The highest BCUT2D eigenvalue weighted by Crippen LogP contribution is 2.38. The maximum absolute atomic E-state index is 12.7. The second-order valence-corrected chi connectivity index (χ2v) is 20.0. The normalized spacial score (nSPS) is 13.5. The number of allylic oxidation sites excluding steroid dienone is 2. The molecule has 0 aliphatic heterocycles. The Hall–Kier alpha value is -1.25. The van der Waals surface area contributed by atoms with Crippen molar-refractivity contribution in [1.29, 1.82) is 0 Å². The fourth-order valence-corrected chi connectivity index (χ4v) is 8.03. The van der Waals surface area contributed by atoms with Crippen molar-refractivity contribution >= 4 is 19.8 Å². The van der Waals surface area contributed by atoms with Crippen molar-refractivity contribution in [3.63, 3.8) is 0 Å². The predicted molar refractivity (Wildman–Crippen MR) is 250 cm³/mol. The van der Waals surface area contributed by atoms with Gasteiger partial charge in [-0.15, -0.1) is 0 Å². The number of hydrogen-bond donors (Lipinski definition) is 0. The maximum atomic E-state index is 12.7. The number of phosphoric ester groups is 1. The molecule has 0 aliphatic carbocycles. The number of likely N-dealkylation sites (N-methyl/N-ethyl adjacent to an activating group) is 1. The summed E-state index contributed by atoms with van der Waals surface area (Å²) < 4.78 is 34.0. The Morgan fingerprint density at radius 2 is 0.850 bits per heavy atom. The number of unbranched alkanes of at least 4 members (excludes halogenated alkanes) is 31. The SMILES string of the molecule is CCCCCCCCCCC/C=C\CCCCC(=O)O[C@H](COC(=O)CCCCCCCCCCCCCCCCCCCCCCC)COP(=O)([O-])OCC[N+](C)(C)C. The molecule has 0 aromatic rings. The Morgan fingerprint density at radius 3 is 1.27 bits per heavy atom. The molecule has 0 spiro atoms. The average Bonchev–Trinajstić information content (AvgIpc) is 3.20. The highest BCUT2D eigenvalue weighted by molar-refractivity contribution is 7.45. The second kappa shape index (κ2) is 43.0. The number of carbonyl (C=O) groups excluding carboxylic acids is 2. The van der Waals surface area contributed by atoms with Crippen LogP contribution in [0, 0.1) is 0 Å². The third kappa shape index (κ3) is 46.3. The molecule has 2 atom stereocenters. The molecule has 10 heteroatoms. The number of ether oxygens (including phenoxy) is 2. The van der Waals surface area contributed by atoms with E-state index in [9.17, 15) is 19.0 Å². The number of carbonyl (C=O) groups is 2. The lowest BCUT2D eigenvalue weighted by Gasteiger charge is -2.28. The van der Waals surface area contributed by atoms with Crippen LogP contribution in [0.3, 0.4) is 0 Å². The molecule has 0 saturated carbocycles. The summed E-state index contributed by atoms with van der Waals surface area (Å²) in [6, 6.07) is 0. The summed E-state index contributed by atoms with van der Waals surface area (Å²) in [5.41, 5.74) is 0. The summed E-state index contributed by atoms with van der Waals surface area (Å²) in [6.45, 7) is 4.25. The van der Waals surface area contributed by atoms with E-state index in [1.165, 1.54) is 173 Å². The molecule has 0 N–H and O–H groups in total. The van der Waals surface area contributed by atoms with Gasteiger partial charge in [-0.2, -0.15) is 0 Å². The van der Waals surface area contributed by atoms with Crippen LogP contribution < -0.4 is 4.89 Å². The van der Waals surface area contributed by atoms with E-state index in [1.54, 1.807) is 0 Å². The van der Waals surface area contributed by atoms with Crippen LogP contribution in [0.25, 0.3) is 0 Å². The van der Waals surface area contributed by atoms with Crippen molar-refractivity contribution in [3.8, 4) is 0 Å². The first-order valence-corrected chi connectivity index (χ1v) is 26.9. The van der Waals surface area contributed by atoms with Gasteiger partial charge in [0.05, 0.1) is 27.7 Å². The van der Waals surface area contributed by atoms with Crippen LogP contribution >= 0.6 is 7.82 Å². The van der Waals surface area contributed by atoms with Crippen LogP contribution in [-0.4, -0.2) is 70.0 Å². The largest absolute Gasteiger partial charge is 0.756 e. The van der Waals surface area contributed by atoms with Crippen LogP contribution in [0.1, 0.15) is 245 Å². The number of rotatable bonds is 47. The Bertz CT molecular complexity index is 1030. The van der Waals surface area contributed by atoms with Crippen LogP contribution in [0.4, 0.5) is 0 Å². The van der Waals surface area contributed by atoms with E-state index in [-0.39, 0.29) is 32.0 Å². The lowest BCUT2D eigenvalue weighted by atomic mass is 10.0. The van der Waals surface area contributed by atoms with Crippen LogP contribution in [-0.2, 0) is 32.7 Å². The standard InChI is InChI=1S/C50H98NO8P/c1-6-8-10-12-14-16-18-20-22-23-24-25-26-27-29-30-32-34-36-38-40-42-49(52)56-46-48(47-58-60(54,55)57-45-44-51(3,4)5)59-50(53)43-41-39-37-35-33-31-28-21-19-17-15-13-11-9-7-2/h33,35,48H,6-32,34,36-47H2,1-5H3/b35-33-/t48-/m1/s1. The fraction of sp³-hybridized carbons (Fsp3) is 0.920. The third-order valence-corrected chi connectivity index (χ3v) is 12.2. The summed E-state index contributed by atoms with van der Waals surface area (Å²) >= 11 is 0. The van der Waals surface area contributed by atoms with Gasteiger partial charge in [0.1, 0.15) is 19.8 Å². The molecular weight excluding hydrogens is 774 g/mol. The zero-order valence-electron chi connectivity index (χ0n) is 40.2. The lowest BCUT2D eigenvalue weighted by Crippen LogP contribution is -2.37. The quantitative estimate of drug-likeness (QED) is 0.0195. The summed E-state index contributed by atoms with van der Waals surface area (Å²) in [4.78, 5) is 37.6. The van der Waals surface area contributed by atoms with Crippen molar-refractivity contribution in [3.05, 3.63) is 12.2 Å². The highest BCUT2D eigenvalue weighted by Gasteiger charge is 2.21. The molecule has 9 nitrogen and oxygen atoms in total. The molecule has 0 aromatic carbocycles. The van der Waals surface area contributed by atoms with Crippen LogP contribution in [0.15, 0.2) is 12.2 Å². The molecular formula is C50H98NO8P.